The average Bonchev–Trinajstić information content (AvgIpc) is 2.62. The zero-order chi connectivity index (χ0) is 18.7. The molecule has 1 unspecified atom stereocenters. The molecule has 4 heteroatoms. The number of allylic oxidation sites excluding steroid dienone is 2. The second-order valence-corrected chi connectivity index (χ2v) is 6.58. The van der Waals surface area contributed by atoms with E-state index in [-0.39, 0.29) is 17.5 Å². The van der Waals surface area contributed by atoms with E-state index in [2.05, 4.69) is 4.99 Å². The molecule has 0 fully saturated rings. The minimum Gasteiger partial charge on any atom is -0.511 e. The molecule has 26 heavy (non-hydrogen) atoms. The van der Waals surface area contributed by atoms with Gasteiger partial charge in [0, 0.05) is 12.8 Å². The maximum absolute atomic E-state index is 12.8. The van der Waals surface area contributed by atoms with Gasteiger partial charge in [-0.15, -0.1) is 0 Å². The molecule has 0 amide bonds. The normalized spacial score (nSPS) is 18.2. The largest absolute Gasteiger partial charge is 0.511 e. The predicted molar refractivity (Wildman–Crippen MR) is 104 cm³/mol. The van der Waals surface area contributed by atoms with E-state index in [0.717, 1.165) is 11.1 Å². The number of hydrogen-bond donors (Lipinski definition) is 1. The van der Waals surface area contributed by atoms with Gasteiger partial charge in [0.1, 0.15) is 17.2 Å². The fourth-order valence-corrected chi connectivity index (χ4v) is 3.53. The van der Waals surface area contributed by atoms with Gasteiger partial charge in [0.15, 0.2) is 5.78 Å². The van der Waals surface area contributed by atoms with Gasteiger partial charge in [0.2, 0.25) is 0 Å². The third-order valence-corrected chi connectivity index (χ3v) is 4.80. The standard InChI is InChI=1S/C22H23NO3/c1-14-8-4-5-9-17(14)16-12-19(24)22(20(25)13-16)15(2)23-18-10-6-7-11-21(18)26-3/h4-11,16,24H,12-13H2,1-3H3. The molecular weight excluding hydrogens is 326 g/mol. The van der Waals surface area contributed by atoms with Crippen LogP contribution in [0.2, 0.25) is 0 Å². The summed E-state index contributed by atoms with van der Waals surface area (Å²) in [4.78, 5) is 17.3. The van der Waals surface area contributed by atoms with Crippen LogP contribution < -0.4 is 4.74 Å². The summed E-state index contributed by atoms with van der Waals surface area (Å²) in [6.45, 7) is 3.79. The molecule has 1 N–H and O–H groups in total. The van der Waals surface area contributed by atoms with Crippen molar-refractivity contribution in [1.82, 2.24) is 0 Å². The Kier molecular flexibility index (Phi) is 5.21. The Balaban J connectivity index is 1.93. The molecule has 0 spiro atoms. The number of para-hydroxylation sites is 2. The molecule has 1 aliphatic rings. The fourth-order valence-electron chi connectivity index (χ4n) is 3.53. The van der Waals surface area contributed by atoms with Crippen molar-refractivity contribution in [3.63, 3.8) is 0 Å². The maximum atomic E-state index is 12.8. The van der Waals surface area contributed by atoms with Crippen molar-refractivity contribution in [3.8, 4) is 5.75 Å². The SMILES string of the molecule is COc1ccccc1N=C(C)C1=C(O)CC(c2ccccc2C)CC1=O. The van der Waals surface area contributed by atoms with Crippen LogP contribution in [0.15, 0.2) is 64.9 Å². The highest BCUT2D eigenvalue weighted by Gasteiger charge is 2.30. The number of ether oxygens (including phenoxy) is 1. The third kappa shape index (κ3) is 3.54. The van der Waals surface area contributed by atoms with Crippen LogP contribution in [-0.2, 0) is 4.79 Å². The highest BCUT2D eigenvalue weighted by atomic mass is 16.5. The van der Waals surface area contributed by atoms with Crippen LogP contribution in [0.25, 0.3) is 0 Å². The van der Waals surface area contributed by atoms with Crippen LogP contribution in [-0.4, -0.2) is 23.7 Å². The summed E-state index contributed by atoms with van der Waals surface area (Å²) in [5.41, 5.74) is 3.74. The number of aliphatic hydroxyl groups is 1. The van der Waals surface area contributed by atoms with Crippen LogP contribution >= 0.6 is 0 Å². The highest BCUT2D eigenvalue weighted by molar-refractivity contribution is 6.23. The summed E-state index contributed by atoms with van der Waals surface area (Å²) < 4.78 is 5.30. The molecule has 0 radical (unpaired) electrons. The minimum atomic E-state index is -0.0712. The number of hydrogen-bond acceptors (Lipinski definition) is 4. The topological polar surface area (TPSA) is 58.9 Å². The van der Waals surface area contributed by atoms with Crippen LogP contribution in [0.3, 0.4) is 0 Å². The first-order valence-electron chi connectivity index (χ1n) is 8.70. The lowest BCUT2D eigenvalue weighted by Crippen LogP contribution is -2.22. The summed E-state index contributed by atoms with van der Waals surface area (Å²) in [5.74, 6) is 0.684. The zero-order valence-corrected chi connectivity index (χ0v) is 15.3. The second kappa shape index (κ2) is 7.56. The Labute approximate surface area is 153 Å². The van der Waals surface area contributed by atoms with Crippen LogP contribution in [0.5, 0.6) is 5.75 Å². The van der Waals surface area contributed by atoms with Gasteiger partial charge in [0.05, 0.1) is 18.4 Å². The first-order chi connectivity index (χ1) is 12.5. The molecule has 134 valence electrons. The quantitative estimate of drug-likeness (QED) is 0.785. The number of Topliss-reactive ketones (excluding diaryl/α,β-unsaturated/α-hetero) is 1. The number of carbonyl (C=O) groups is 1. The van der Waals surface area contributed by atoms with E-state index >= 15 is 0 Å². The number of aliphatic hydroxyl groups excluding tert-OH is 1. The number of ketones is 1. The van der Waals surface area contributed by atoms with E-state index in [1.54, 1.807) is 14.0 Å². The van der Waals surface area contributed by atoms with Gasteiger partial charge in [-0.2, -0.15) is 0 Å². The summed E-state index contributed by atoms with van der Waals surface area (Å²) in [6.07, 6.45) is 0.827. The smallest absolute Gasteiger partial charge is 0.168 e. The van der Waals surface area contributed by atoms with E-state index in [1.807, 2.05) is 55.5 Å². The van der Waals surface area contributed by atoms with E-state index in [0.29, 0.717) is 35.6 Å². The summed E-state index contributed by atoms with van der Waals surface area (Å²) in [7, 11) is 1.58. The first kappa shape index (κ1) is 17.9. The lowest BCUT2D eigenvalue weighted by atomic mass is 9.80. The number of carbonyl (C=O) groups excluding carboxylic acids is 1. The number of benzene rings is 2. The monoisotopic (exact) mass is 349 g/mol. The van der Waals surface area contributed by atoms with Crippen molar-refractivity contribution in [2.24, 2.45) is 4.99 Å². The predicted octanol–water partition coefficient (Wildman–Crippen LogP) is 5.05. The lowest BCUT2D eigenvalue weighted by molar-refractivity contribution is -0.116. The number of rotatable bonds is 4. The van der Waals surface area contributed by atoms with Gasteiger partial charge in [0.25, 0.3) is 0 Å². The highest BCUT2D eigenvalue weighted by Crippen LogP contribution is 2.36. The Morgan fingerprint density at radius 1 is 1.12 bits per heavy atom. The Morgan fingerprint density at radius 3 is 2.50 bits per heavy atom. The molecule has 0 aliphatic heterocycles. The molecule has 0 bridgehead atoms. The van der Waals surface area contributed by atoms with E-state index in [9.17, 15) is 9.90 Å². The van der Waals surface area contributed by atoms with Crippen molar-refractivity contribution in [2.75, 3.05) is 7.11 Å². The summed E-state index contributed by atoms with van der Waals surface area (Å²) >= 11 is 0. The van der Waals surface area contributed by atoms with Crippen molar-refractivity contribution in [3.05, 3.63) is 71.0 Å². The summed E-state index contributed by atoms with van der Waals surface area (Å²) in [6, 6.07) is 15.4. The van der Waals surface area contributed by atoms with E-state index in [1.165, 1.54) is 0 Å². The molecule has 1 atom stereocenters. The summed E-state index contributed by atoms with van der Waals surface area (Å²) in [5, 5.41) is 10.6. The van der Waals surface area contributed by atoms with Gasteiger partial charge in [-0.05, 0) is 43.0 Å². The molecule has 0 aromatic heterocycles. The van der Waals surface area contributed by atoms with Gasteiger partial charge in [-0.1, -0.05) is 36.4 Å². The molecule has 2 aromatic carbocycles. The van der Waals surface area contributed by atoms with E-state index in [4.69, 9.17) is 4.74 Å². The molecule has 3 rings (SSSR count). The van der Waals surface area contributed by atoms with E-state index < -0.39 is 0 Å². The van der Waals surface area contributed by atoms with Gasteiger partial charge >= 0.3 is 0 Å². The Bertz CT molecular complexity index is 896. The lowest BCUT2D eigenvalue weighted by Gasteiger charge is -2.25. The van der Waals surface area contributed by atoms with Gasteiger partial charge in [-0.25, -0.2) is 4.99 Å². The number of aryl methyl sites for hydroxylation is 1. The second-order valence-electron chi connectivity index (χ2n) is 6.58. The maximum Gasteiger partial charge on any atom is 0.168 e. The third-order valence-electron chi connectivity index (χ3n) is 4.80. The average molecular weight is 349 g/mol. The number of methoxy groups -OCH3 is 1. The molecule has 4 nitrogen and oxygen atoms in total. The zero-order valence-electron chi connectivity index (χ0n) is 15.3. The molecular formula is C22H23NO3. The van der Waals surface area contributed by atoms with Crippen LogP contribution in [0.4, 0.5) is 5.69 Å². The fraction of sp³-hybridized carbons (Fsp3) is 0.273. The molecule has 0 saturated carbocycles. The molecule has 1 aliphatic carbocycles. The molecule has 2 aromatic rings. The van der Waals surface area contributed by atoms with Crippen LogP contribution in [0, 0.1) is 6.92 Å². The minimum absolute atomic E-state index is 0.00603. The van der Waals surface area contributed by atoms with Crippen molar-refractivity contribution in [2.45, 2.75) is 32.6 Å². The first-order valence-corrected chi connectivity index (χ1v) is 8.70. The number of nitrogens with zero attached hydrogens (tertiary/aromatic N) is 1. The Hall–Kier alpha value is -2.88. The van der Waals surface area contributed by atoms with Gasteiger partial charge in [-0.3, -0.25) is 4.79 Å². The van der Waals surface area contributed by atoms with Gasteiger partial charge < -0.3 is 9.84 Å². The van der Waals surface area contributed by atoms with Crippen molar-refractivity contribution >= 4 is 17.2 Å². The Morgan fingerprint density at radius 2 is 1.81 bits per heavy atom. The number of aliphatic imine (C=N–C) groups is 1. The molecule has 0 heterocycles. The van der Waals surface area contributed by atoms with Crippen molar-refractivity contribution in [1.29, 1.82) is 0 Å². The molecule has 0 saturated heterocycles. The van der Waals surface area contributed by atoms with Crippen molar-refractivity contribution < 1.29 is 14.6 Å². The van der Waals surface area contributed by atoms with Crippen LogP contribution in [0.1, 0.15) is 36.8 Å².